The molecule has 1 heterocycles. The van der Waals surface area contributed by atoms with Crippen molar-refractivity contribution in [2.75, 3.05) is 13.4 Å². The van der Waals surface area contributed by atoms with Crippen molar-refractivity contribution in [2.45, 2.75) is 11.4 Å². The first kappa shape index (κ1) is 12.6. The maximum absolute atomic E-state index is 11.5. The van der Waals surface area contributed by atoms with Crippen molar-refractivity contribution in [3.8, 4) is 5.75 Å². The van der Waals surface area contributed by atoms with Crippen LogP contribution in [0.2, 0.25) is 0 Å². The summed E-state index contributed by atoms with van der Waals surface area (Å²) in [7, 11) is -1.84. The van der Waals surface area contributed by atoms with Crippen LogP contribution in [0.4, 0.5) is 0 Å². The molecule has 2 aromatic rings. The van der Waals surface area contributed by atoms with E-state index >= 15 is 0 Å². The lowest BCUT2D eigenvalue weighted by Gasteiger charge is -2.09. The van der Waals surface area contributed by atoms with Gasteiger partial charge in [-0.2, -0.15) is 5.10 Å². The van der Waals surface area contributed by atoms with Gasteiger partial charge in [0, 0.05) is 6.26 Å². The Kier molecular flexibility index (Phi) is 3.33. The van der Waals surface area contributed by atoms with Gasteiger partial charge in [-0.15, -0.1) is 0 Å². The van der Waals surface area contributed by atoms with Gasteiger partial charge < -0.3 is 4.74 Å². The summed E-state index contributed by atoms with van der Waals surface area (Å²) >= 11 is 0. The largest absolute Gasteiger partial charge is 0.495 e. The molecule has 0 aliphatic carbocycles. The van der Waals surface area contributed by atoms with Crippen LogP contribution in [0.25, 0.3) is 0 Å². The van der Waals surface area contributed by atoms with Crippen LogP contribution >= 0.6 is 0 Å². The van der Waals surface area contributed by atoms with E-state index in [0.717, 1.165) is 11.8 Å². The lowest BCUT2D eigenvalue weighted by molar-refractivity contribution is 0.402. The molecule has 6 nitrogen and oxygen atoms in total. The van der Waals surface area contributed by atoms with Crippen LogP contribution in [0.5, 0.6) is 5.75 Å². The molecule has 0 amide bonds. The SMILES string of the molecule is COc1cc(Cn2cncn2)ccc1S(C)(=O)=O. The Bertz CT molecular complexity index is 636. The van der Waals surface area contributed by atoms with Crippen molar-refractivity contribution in [2.24, 2.45) is 0 Å². The third-order valence-corrected chi connectivity index (χ3v) is 3.57. The molecule has 1 aromatic carbocycles. The molecule has 0 bridgehead atoms. The fourth-order valence-electron chi connectivity index (χ4n) is 1.62. The van der Waals surface area contributed by atoms with Gasteiger partial charge in [0.15, 0.2) is 9.84 Å². The second-order valence-electron chi connectivity index (χ2n) is 3.85. The van der Waals surface area contributed by atoms with E-state index in [9.17, 15) is 8.42 Å². The average Bonchev–Trinajstić information content (AvgIpc) is 2.80. The summed E-state index contributed by atoms with van der Waals surface area (Å²) in [5, 5.41) is 3.98. The number of sulfone groups is 1. The molecule has 0 aliphatic heterocycles. The van der Waals surface area contributed by atoms with E-state index in [1.165, 1.54) is 13.4 Å². The normalized spacial score (nSPS) is 11.4. The molecule has 0 atom stereocenters. The molecule has 96 valence electrons. The zero-order valence-electron chi connectivity index (χ0n) is 10.1. The van der Waals surface area contributed by atoms with Gasteiger partial charge >= 0.3 is 0 Å². The number of aromatic nitrogens is 3. The number of methoxy groups -OCH3 is 1. The Morgan fingerprint density at radius 1 is 1.39 bits per heavy atom. The summed E-state index contributed by atoms with van der Waals surface area (Å²) in [4.78, 5) is 4.03. The van der Waals surface area contributed by atoms with Crippen LogP contribution < -0.4 is 4.74 Å². The van der Waals surface area contributed by atoms with Crippen molar-refractivity contribution < 1.29 is 13.2 Å². The highest BCUT2D eigenvalue weighted by Crippen LogP contribution is 2.25. The van der Waals surface area contributed by atoms with Crippen LogP contribution in [0.3, 0.4) is 0 Å². The molecule has 0 aliphatic rings. The molecule has 18 heavy (non-hydrogen) atoms. The number of rotatable bonds is 4. The molecular formula is C11H13N3O3S. The minimum absolute atomic E-state index is 0.187. The van der Waals surface area contributed by atoms with Gasteiger partial charge in [0.1, 0.15) is 23.3 Å². The molecular weight excluding hydrogens is 254 g/mol. The standard InChI is InChI=1S/C11H13N3O3S/c1-17-10-5-9(6-14-8-12-7-13-14)3-4-11(10)18(2,15)16/h3-5,7-8H,6H2,1-2H3. The van der Waals surface area contributed by atoms with Crippen LogP contribution in [0.1, 0.15) is 5.56 Å². The van der Waals surface area contributed by atoms with E-state index in [4.69, 9.17) is 4.74 Å². The summed E-state index contributed by atoms with van der Waals surface area (Å²) in [5.74, 6) is 0.343. The summed E-state index contributed by atoms with van der Waals surface area (Å²) in [6, 6.07) is 4.97. The fourth-order valence-corrected chi connectivity index (χ4v) is 2.44. The molecule has 0 unspecified atom stereocenters. The van der Waals surface area contributed by atoms with E-state index in [-0.39, 0.29) is 4.90 Å². The number of hydrogen-bond donors (Lipinski definition) is 0. The first-order valence-electron chi connectivity index (χ1n) is 5.20. The summed E-state index contributed by atoms with van der Waals surface area (Å²) < 4.78 is 29.8. The first-order chi connectivity index (χ1) is 8.50. The van der Waals surface area contributed by atoms with Gasteiger partial charge in [0.25, 0.3) is 0 Å². The summed E-state index contributed by atoms with van der Waals surface area (Å²) in [6.45, 7) is 0.514. The van der Waals surface area contributed by atoms with Gasteiger partial charge in [-0.3, -0.25) is 0 Å². The van der Waals surface area contributed by atoms with E-state index in [0.29, 0.717) is 12.3 Å². The highest BCUT2D eigenvalue weighted by Gasteiger charge is 2.14. The first-order valence-corrected chi connectivity index (χ1v) is 7.09. The highest BCUT2D eigenvalue weighted by atomic mass is 32.2. The lowest BCUT2D eigenvalue weighted by Crippen LogP contribution is -2.04. The van der Waals surface area contributed by atoms with Crippen molar-refractivity contribution in [1.82, 2.24) is 14.8 Å². The average molecular weight is 267 g/mol. The van der Waals surface area contributed by atoms with Crippen LogP contribution in [0.15, 0.2) is 35.7 Å². The monoisotopic (exact) mass is 267 g/mol. The van der Waals surface area contributed by atoms with Gasteiger partial charge in [-0.1, -0.05) is 6.07 Å². The summed E-state index contributed by atoms with van der Waals surface area (Å²) in [6.07, 6.45) is 4.20. The van der Waals surface area contributed by atoms with Crippen LogP contribution in [-0.4, -0.2) is 36.5 Å². The molecule has 0 saturated carbocycles. The maximum atomic E-state index is 11.5. The van der Waals surface area contributed by atoms with Crippen LogP contribution in [-0.2, 0) is 16.4 Å². The number of ether oxygens (including phenoxy) is 1. The predicted octanol–water partition coefficient (Wildman–Crippen LogP) is 0.738. The molecule has 0 radical (unpaired) electrons. The van der Waals surface area contributed by atoms with Crippen molar-refractivity contribution in [1.29, 1.82) is 0 Å². The van der Waals surface area contributed by atoms with Gasteiger partial charge in [-0.05, 0) is 17.7 Å². The molecule has 0 fully saturated rings. The van der Waals surface area contributed by atoms with Gasteiger partial charge in [0.05, 0.1) is 13.7 Å². The zero-order valence-corrected chi connectivity index (χ0v) is 10.9. The van der Waals surface area contributed by atoms with Crippen molar-refractivity contribution in [3.05, 3.63) is 36.4 Å². The Balaban J connectivity index is 2.36. The number of hydrogen-bond acceptors (Lipinski definition) is 5. The molecule has 0 saturated heterocycles. The van der Waals surface area contributed by atoms with E-state index in [2.05, 4.69) is 10.1 Å². The van der Waals surface area contributed by atoms with Crippen LogP contribution in [0, 0.1) is 0 Å². The zero-order chi connectivity index (χ0) is 13.2. The molecule has 0 N–H and O–H groups in total. The van der Waals surface area contributed by atoms with Crippen molar-refractivity contribution in [3.63, 3.8) is 0 Å². The van der Waals surface area contributed by atoms with Gasteiger partial charge in [0.2, 0.25) is 0 Å². The second-order valence-corrected chi connectivity index (χ2v) is 5.83. The lowest BCUT2D eigenvalue weighted by atomic mass is 10.2. The molecule has 7 heteroatoms. The van der Waals surface area contributed by atoms with Crippen molar-refractivity contribution >= 4 is 9.84 Å². The maximum Gasteiger partial charge on any atom is 0.179 e. The second kappa shape index (κ2) is 4.77. The van der Waals surface area contributed by atoms with E-state index < -0.39 is 9.84 Å². The predicted molar refractivity (Wildman–Crippen MR) is 65.2 cm³/mol. The molecule has 0 spiro atoms. The van der Waals surface area contributed by atoms with E-state index in [1.807, 2.05) is 0 Å². The third kappa shape index (κ3) is 2.67. The Hall–Kier alpha value is -1.89. The number of nitrogens with zero attached hydrogens (tertiary/aromatic N) is 3. The fraction of sp³-hybridized carbons (Fsp3) is 0.273. The Morgan fingerprint density at radius 2 is 2.17 bits per heavy atom. The minimum Gasteiger partial charge on any atom is -0.495 e. The number of benzene rings is 1. The Labute approximate surface area is 105 Å². The molecule has 2 rings (SSSR count). The minimum atomic E-state index is -3.28. The smallest absolute Gasteiger partial charge is 0.179 e. The third-order valence-electron chi connectivity index (χ3n) is 2.44. The summed E-state index contributed by atoms with van der Waals surface area (Å²) in [5.41, 5.74) is 0.893. The van der Waals surface area contributed by atoms with Gasteiger partial charge in [-0.25, -0.2) is 18.1 Å². The molecule has 1 aromatic heterocycles. The quantitative estimate of drug-likeness (QED) is 0.816. The highest BCUT2D eigenvalue weighted by molar-refractivity contribution is 7.90. The van der Waals surface area contributed by atoms with E-state index in [1.54, 1.807) is 29.2 Å². The Morgan fingerprint density at radius 3 is 2.72 bits per heavy atom. The topological polar surface area (TPSA) is 74.1 Å².